The fraction of sp³-hybridized carbons (Fsp3) is 0. The Morgan fingerprint density at radius 3 is 0.238 bits per heavy atom. The number of rotatable bonds is 32. The molecule has 0 atom stereocenters. The molecule has 0 aliphatic heterocycles. The van der Waals surface area contributed by atoms with Gasteiger partial charge < -0.3 is 0 Å². The van der Waals surface area contributed by atoms with Crippen LogP contribution in [0.3, 0.4) is 0 Å². The first-order valence-electron chi connectivity index (χ1n) is 16.5. The monoisotopic (exact) mass is 3240 g/mol. The van der Waals surface area contributed by atoms with Gasteiger partial charge in [-0.1, -0.05) is 39.2 Å². The molecule has 0 aromatic rings. The zero-order chi connectivity index (χ0) is 83.6. The van der Waals surface area contributed by atoms with E-state index in [2.05, 4.69) is 11.7 Å². The normalized spacial score (nSPS) is 16.8. The Hall–Kier alpha value is 28.1. The predicted molar refractivity (Wildman–Crippen MR) is 738 cm³/mol. The third-order valence-corrected chi connectivity index (χ3v) is 642. The summed E-state index contributed by atoms with van der Waals surface area (Å²) < 4.78 is 0. The SMILES string of the molecule is S=[S-](=S)S(=S)(=S)S(=S)(=S)S(=S)(=S)S(=S)(=S)S(=S)(=S)S(=S)(=S)S(=S)(=S)S(=S)(=S)S(=S)(=S)S(=S)(=S)S(=S)(=S)S(=S)(=S)S(=S)(=S)S(=S)(=S)S(=S)(=S)S(=S)(=S)S(=S)(=S)S(=S)(=S)S(=S)(=S)S(=S)(=S)S(=S)(=S)S(=S)(=S)S(=S)(=S)S(=S)(=S)S(=S)(=S)S(=S)(=S)S(=S)(=S)S(=S)(=S)S(=S)(=S)S(=S)(=S)S(=S)(=S)S(=S)(=S)S.[K+]. The zero-order valence-electron chi connectivity index (χ0n) is 41.9. The van der Waals surface area contributed by atoms with Crippen LogP contribution in [-0.4, -0.2) is 0 Å². The zero-order valence-corrected chi connectivity index (χ0v) is 127. The van der Waals surface area contributed by atoms with Crippen molar-refractivity contribution in [2.75, 3.05) is 0 Å². The van der Waals surface area contributed by atoms with Gasteiger partial charge in [0.2, 0.25) is 0 Å². The van der Waals surface area contributed by atoms with E-state index < -0.39 is 174 Å². The van der Waals surface area contributed by atoms with Gasteiger partial charge in [-0.05, 0) is 694 Å². The molecule has 0 aliphatic rings. The van der Waals surface area contributed by atoms with Gasteiger partial charge >= 0.3 is 51.4 Å². The molecule has 0 bridgehead atoms. The summed E-state index contributed by atoms with van der Waals surface area (Å²) in [6.07, 6.45) is 0. The van der Waals surface area contributed by atoms with Gasteiger partial charge in [-0.3, -0.25) is 7.05 Å². The van der Waals surface area contributed by atoms with Crippen molar-refractivity contribution < 1.29 is 51.4 Å². The van der Waals surface area contributed by atoms with E-state index >= 15 is 0 Å². The predicted octanol–water partition coefficient (Wildman–Crippen LogP) is -2.85. The van der Waals surface area contributed by atoms with E-state index in [1.807, 2.05) is 0 Å². The molecule has 0 rings (SSSR count). The Balaban J connectivity index is 0. The average molecular weight is 3250 g/mol. The van der Waals surface area contributed by atoms with Crippen molar-refractivity contribution in [1.29, 1.82) is 0 Å². The third-order valence-electron chi connectivity index (χ3n) is 7.92. The molecule has 0 saturated carbocycles. The van der Waals surface area contributed by atoms with Gasteiger partial charge in [-0.2, -0.15) is 0 Å². The average Bonchev–Trinajstić information content (AvgIpc) is 0.679. The largest absolute Gasteiger partial charge is 1.00 e. The van der Waals surface area contributed by atoms with Gasteiger partial charge in [-0.15, -0.1) is 0 Å². The Morgan fingerprint density at radius 1 is 0.119 bits per heavy atom. The molecule has 602 valence electrons. The van der Waals surface area contributed by atoms with E-state index in [4.69, 9.17) is 738 Å². The van der Waals surface area contributed by atoms with Crippen LogP contribution in [0.15, 0.2) is 0 Å². The van der Waals surface area contributed by atoms with Crippen LogP contribution in [0.25, 0.3) is 0 Å². The number of hydrogen-bond donors (Lipinski definition) is 1. The Labute approximate surface area is 944 Å². The van der Waals surface area contributed by atoms with Crippen LogP contribution >= 0.6 is 11.7 Å². The molecule has 0 spiro atoms. The van der Waals surface area contributed by atoms with Crippen molar-refractivity contribution in [3.63, 3.8) is 0 Å². The second-order valence-electron chi connectivity index (χ2n) is 13.3. The van der Waals surface area contributed by atoms with Crippen LogP contribution in [0.2, 0.25) is 0 Å². The first kappa shape index (κ1) is 131. The molecular weight excluding hydrogens is 3250 g/mol. The second kappa shape index (κ2) is 41.5. The van der Waals surface area contributed by atoms with Gasteiger partial charge in [-0.25, -0.2) is 22.4 Å². The van der Waals surface area contributed by atoms with Crippen LogP contribution in [0.5, 0.6) is 0 Å². The van der Waals surface area contributed by atoms with E-state index in [0.717, 1.165) is 0 Å². The van der Waals surface area contributed by atoms with Gasteiger partial charge in [0.15, 0.2) is 0 Å². The Morgan fingerprint density at radius 2 is 0.178 bits per heavy atom. The molecule has 0 heterocycles. The first-order valence-corrected chi connectivity index (χ1v) is 149. The maximum Gasteiger partial charge on any atom is 1.00 e. The topological polar surface area (TPSA) is 0 Å². The summed E-state index contributed by atoms with van der Waals surface area (Å²) in [6.45, 7) is 0. The van der Waals surface area contributed by atoms with Crippen molar-refractivity contribution >= 4 is 924 Å². The van der Waals surface area contributed by atoms with Gasteiger partial charge in [0.1, 0.15) is 0 Å². The maximum absolute atomic E-state index is 6.23. The quantitative estimate of drug-likeness (QED) is 0.0318. The van der Waals surface area contributed by atoms with Gasteiger partial charge in [0.25, 0.3) is 0 Å². The van der Waals surface area contributed by atoms with E-state index in [9.17, 15) is 0 Å². The second-order valence-corrected chi connectivity index (χ2v) is 359. The molecule has 0 unspecified atom stereocenters. The Kier molecular flexibility index (Phi) is 53.9. The summed E-state index contributed by atoms with van der Waals surface area (Å²) in [7, 11) is -1.60. The standard InChI is InChI=1S/K.HS100/c;1-68(2)70(6,7)72(10,11)74(14,15)76(18,19)78(22,23)80(26,27)82(30,31)84(34,35)86(38,39)88(42,43)90(46,47)92(50,51)94(54,55)96(58,59)98(62,63)100(66,67)99(64,65)97(60,61)95(56,57)93(52,53)91(48,49)89(44,45)87(40,41)85(36,37)83(32,33)81(28,29)79(24,25)77(20,21)75(16,17)73(12,13)71(8,9)69(3,4)5/h;(H,3,4,5)/q+1;-1. The van der Waals surface area contributed by atoms with Crippen LogP contribution in [-0.2, 0) is 912 Å². The fourth-order valence-electron chi connectivity index (χ4n) is 3.13. The van der Waals surface area contributed by atoms with E-state index in [0.29, 0.717) is 0 Å². The van der Waals surface area contributed by atoms with Crippen molar-refractivity contribution in [3.05, 3.63) is 0 Å². The van der Waals surface area contributed by atoms with Gasteiger partial charge in [0.05, 0.1) is 0 Å². The molecule has 0 saturated heterocycles. The minimum absolute atomic E-state index is 0. The minimum Gasteiger partial charge on any atom is -0.271 e. The molecule has 0 nitrogen and oxygen atoms in total. The van der Waals surface area contributed by atoms with Crippen LogP contribution in [0.1, 0.15) is 0 Å². The molecule has 101 heavy (non-hydrogen) atoms. The van der Waals surface area contributed by atoms with Crippen molar-refractivity contribution in [3.8, 4) is 0 Å². The smallest absolute Gasteiger partial charge is 0.271 e. The third kappa shape index (κ3) is 20.8. The number of hydrogen-bond acceptors (Lipinski definition) is 67. The summed E-state index contributed by atoms with van der Waals surface area (Å²) >= 11 is 404. The van der Waals surface area contributed by atoms with E-state index in [1.54, 1.807) is 0 Å². The fourth-order valence-corrected chi connectivity index (χ4v) is 761. The van der Waals surface area contributed by atoms with E-state index in [-0.39, 0.29) is 51.4 Å². The van der Waals surface area contributed by atoms with E-state index in [1.165, 1.54) is 0 Å². The molecule has 0 fully saturated rings. The summed E-state index contributed by atoms with van der Waals surface area (Å²) in [5.74, 6) is 0. The molecule has 0 aromatic carbocycles. The molecule has 0 amide bonds. The summed E-state index contributed by atoms with van der Waals surface area (Å²) in [5, 5.41) is -126. The molecule has 0 aromatic heterocycles. The van der Waals surface area contributed by atoms with Crippen molar-refractivity contribution in [2.45, 2.75) is 0 Å². The van der Waals surface area contributed by atoms with Crippen LogP contribution in [0.4, 0.5) is 0 Å². The number of thiol groups is 1. The van der Waals surface area contributed by atoms with Crippen molar-refractivity contribution in [2.24, 2.45) is 0 Å². The molecule has 0 N–H and O–H groups in total. The van der Waals surface area contributed by atoms with Crippen molar-refractivity contribution in [1.82, 2.24) is 0 Å². The maximum atomic E-state index is 6.23. The summed E-state index contributed by atoms with van der Waals surface area (Å²) in [4.78, 5) is 0. The first-order chi connectivity index (χ1) is 41.7. The molecule has 101 heteroatoms. The van der Waals surface area contributed by atoms with Crippen LogP contribution in [0, 0.1) is 0 Å². The summed E-state index contributed by atoms with van der Waals surface area (Å²) in [6, 6.07) is 0. The molecule has 0 radical (unpaired) electrons. The van der Waals surface area contributed by atoms with Crippen LogP contribution < -0.4 is 51.4 Å². The minimum atomic E-state index is -4.22. The molecular formula is HKS100. The summed E-state index contributed by atoms with van der Waals surface area (Å²) in [5.41, 5.74) is 0. The Bertz CT molecular complexity index is 7920. The molecule has 0 aliphatic carbocycles. The van der Waals surface area contributed by atoms with Gasteiger partial charge in [0, 0.05) is 162 Å².